The van der Waals surface area contributed by atoms with Gasteiger partial charge in [-0.25, -0.2) is 12.8 Å². The number of carbonyl (C=O) groups excluding carboxylic acids is 1. The number of hydrogen-bond donors (Lipinski definition) is 2. The SMILES string of the molecule is O=C(Nc1ccc(Cl)c(Cl)c1)c1sccc1NS(=O)(=O)c1ccccc1F. The van der Waals surface area contributed by atoms with Crippen molar-refractivity contribution in [3.05, 3.63) is 74.7 Å². The fourth-order valence-electron chi connectivity index (χ4n) is 2.19. The Labute approximate surface area is 168 Å². The predicted molar refractivity (Wildman–Crippen MR) is 106 cm³/mol. The Balaban J connectivity index is 1.84. The van der Waals surface area contributed by atoms with Crippen molar-refractivity contribution in [2.75, 3.05) is 10.0 Å². The normalized spacial score (nSPS) is 11.2. The second kappa shape index (κ2) is 7.85. The highest BCUT2D eigenvalue weighted by Crippen LogP contribution is 2.29. The van der Waals surface area contributed by atoms with Crippen LogP contribution in [0.5, 0.6) is 0 Å². The van der Waals surface area contributed by atoms with E-state index in [1.807, 2.05) is 0 Å². The topological polar surface area (TPSA) is 75.3 Å². The molecule has 1 aromatic heterocycles. The van der Waals surface area contributed by atoms with Crippen molar-refractivity contribution in [3.63, 3.8) is 0 Å². The van der Waals surface area contributed by atoms with Crippen LogP contribution in [0.3, 0.4) is 0 Å². The minimum absolute atomic E-state index is 0.0424. The summed E-state index contributed by atoms with van der Waals surface area (Å²) in [4.78, 5) is 12.1. The van der Waals surface area contributed by atoms with E-state index in [1.165, 1.54) is 30.3 Å². The van der Waals surface area contributed by atoms with Gasteiger partial charge in [-0.15, -0.1) is 11.3 Å². The smallest absolute Gasteiger partial charge is 0.267 e. The molecule has 0 aliphatic rings. The van der Waals surface area contributed by atoms with Crippen LogP contribution in [-0.2, 0) is 10.0 Å². The predicted octanol–water partition coefficient (Wildman–Crippen LogP) is 5.25. The van der Waals surface area contributed by atoms with Gasteiger partial charge < -0.3 is 5.32 Å². The number of sulfonamides is 1. The molecule has 1 heterocycles. The molecule has 0 aliphatic carbocycles. The number of benzene rings is 2. The molecule has 0 radical (unpaired) electrons. The molecule has 0 bridgehead atoms. The van der Waals surface area contributed by atoms with Gasteiger partial charge in [0.15, 0.2) is 0 Å². The molecular formula is C17H11Cl2FN2O3S2. The average molecular weight is 445 g/mol. The van der Waals surface area contributed by atoms with Crippen LogP contribution in [0.2, 0.25) is 10.0 Å². The number of carbonyl (C=O) groups is 1. The molecule has 140 valence electrons. The van der Waals surface area contributed by atoms with E-state index in [1.54, 1.807) is 11.4 Å². The van der Waals surface area contributed by atoms with Crippen molar-refractivity contribution < 1.29 is 17.6 Å². The highest BCUT2D eigenvalue weighted by Gasteiger charge is 2.22. The minimum Gasteiger partial charge on any atom is -0.321 e. The van der Waals surface area contributed by atoms with Crippen molar-refractivity contribution >= 4 is 61.8 Å². The van der Waals surface area contributed by atoms with E-state index in [9.17, 15) is 17.6 Å². The van der Waals surface area contributed by atoms with E-state index in [4.69, 9.17) is 23.2 Å². The molecule has 0 fully saturated rings. The maximum atomic E-state index is 13.8. The average Bonchev–Trinajstić information content (AvgIpc) is 3.06. The second-order valence-electron chi connectivity index (χ2n) is 5.28. The first-order valence-electron chi connectivity index (χ1n) is 7.39. The molecule has 0 spiro atoms. The molecule has 0 saturated carbocycles. The number of nitrogens with one attached hydrogen (secondary N) is 2. The second-order valence-corrected chi connectivity index (χ2v) is 8.66. The molecule has 2 N–H and O–H groups in total. The highest BCUT2D eigenvalue weighted by molar-refractivity contribution is 7.92. The van der Waals surface area contributed by atoms with Gasteiger partial charge in [0.05, 0.1) is 15.7 Å². The summed E-state index contributed by atoms with van der Waals surface area (Å²) in [5, 5.41) is 4.76. The van der Waals surface area contributed by atoms with Crippen LogP contribution in [0.1, 0.15) is 9.67 Å². The van der Waals surface area contributed by atoms with Crippen LogP contribution in [0.25, 0.3) is 0 Å². The van der Waals surface area contributed by atoms with Gasteiger partial charge >= 0.3 is 0 Å². The van der Waals surface area contributed by atoms with Crippen LogP contribution in [-0.4, -0.2) is 14.3 Å². The van der Waals surface area contributed by atoms with Crippen LogP contribution in [0.4, 0.5) is 15.8 Å². The quantitative estimate of drug-likeness (QED) is 0.564. The molecule has 0 aliphatic heterocycles. The number of amides is 1. The van der Waals surface area contributed by atoms with Gasteiger partial charge in [0.1, 0.15) is 15.6 Å². The van der Waals surface area contributed by atoms with E-state index in [0.717, 1.165) is 23.5 Å². The summed E-state index contributed by atoms with van der Waals surface area (Å²) in [6.07, 6.45) is 0. The zero-order valence-corrected chi connectivity index (χ0v) is 16.5. The van der Waals surface area contributed by atoms with Crippen LogP contribution in [0.15, 0.2) is 58.8 Å². The maximum absolute atomic E-state index is 13.8. The van der Waals surface area contributed by atoms with Gasteiger partial charge in [-0.3, -0.25) is 9.52 Å². The number of rotatable bonds is 5. The molecule has 2 aromatic carbocycles. The monoisotopic (exact) mass is 444 g/mol. The molecule has 1 amide bonds. The van der Waals surface area contributed by atoms with E-state index >= 15 is 0 Å². The molecule has 0 unspecified atom stereocenters. The third-order valence-electron chi connectivity index (χ3n) is 3.42. The number of hydrogen-bond acceptors (Lipinski definition) is 4. The Hall–Kier alpha value is -2.13. The first-order chi connectivity index (χ1) is 12.8. The number of anilines is 2. The highest BCUT2D eigenvalue weighted by atomic mass is 35.5. The van der Waals surface area contributed by atoms with E-state index in [0.29, 0.717) is 10.7 Å². The standard InChI is InChI=1S/C17H11Cl2FN2O3S2/c18-11-6-5-10(9-12(11)19)21-17(23)16-14(7-8-26-16)22-27(24,25)15-4-2-1-3-13(15)20/h1-9,22H,(H,21,23). The van der Waals surface area contributed by atoms with E-state index in [2.05, 4.69) is 10.0 Å². The lowest BCUT2D eigenvalue weighted by atomic mass is 10.3. The maximum Gasteiger partial charge on any atom is 0.267 e. The van der Waals surface area contributed by atoms with Crippen molar-refractivity contribution in [1.29, 1.82) is 0 Å². The fraction of sp³-hybridized carbons (Fsp3) is 0. The van der Waals surface area contributed by atoms with Crippen molar-refractivity contribution in [2.24, 2.45) is 0 Å². The van der Waals surface area contributed by atoms with Crippen molar-refractivity contribution in [2.45, 2.75) is 4.90 Å². The van der Waals surface area contributed by atoms with Gasteiger partial charge in [-0.05, 0) is 41.8 Å². The van der Waals surface area contributed by atoms with E-state index < -0.39 is 26.6 Å². The Morgan fingerprint density at radius 1 is 1.04 bits per heavy atom. The Bertz CT molecular complexity index is 1120. The van der Waals surface area contributed by atoms with Crippen LogP contribution >= 0.6 is 34.5 Å². The minimum atomic E-state index is -4.19. The van der Waals surface area contributed by atoms with E-state index in [-0.39, 0.29) is 15.6 Å². The molecule has 3 rings (SSSR count). The Kier molecular flexibility index (Phi) is 5.71. The van der Waals surface area contributed by atoms with Gasteiger partial charge in [-0.1, -0.05) is 35.3 Å². The molecule has 27 heavy (non-hydrogen) atoms. The fourth-order valence-corrected chi connectivity index (χ4v) is 4.45. The van der Waals surface area contributed by atoms with Gasteiger partial charge in [0.25, 0.3) is 15.9 Å². The Morgan fingerprint density at radius 2 is 1.78 bits per heavy atom. The Morgan fingerprint density at radius 3 is 2.48 bits per heavy atom. The van der Waals surface area contributed by atoms with Crippen molar-refractivity contribution in [3.8, 4) is 0 Å². The lowest BCUT2D eigenvalue weighted by Gasteiger charge is -2.10. The number of halogens is 3. The van der Waals surface area contributed by atoms with Gasteiger partial charge in [-0.2, -0.15) is 0 Å². The van der Waals surface area contributed by atoms with Crippen LogP contribution < -0.4 is 10.0 Å². The summed E-state index contributed by atoms with van der Waals surface area (Å²) in [6, 6.07) is 10.9. The first-order valence-corrected chi connectivity index (χ1v) is 10.5. The van der Waals surface area contributed by atoms with Gasteiger partial charge in [0, 0.05) is 5.69 Å². The third kappa shape index (κ3) is 4.41. The molecule has 5 nitrogen and oxygen atoms in total. The molecule has 0 saturated heterocycles. The van der Waals surface area contributed by atoms with Crippen LogP contribution in [0, 0.1) is 5.82 Å². The molecule has 3 aromatic rings. The lowest BCUT2D eigenvalue weighted by Crippen LogP contribution is -2.17. The number of thiophene rings is 1. The molecule has 0 atom stereocenters. The molecular weight excluding hydrogens is 434 g/mol. The lowest BCUT2D eigenvalue weighted by molar-refractivity contribution is 0.103. The summed E-state index contributed by atoms with van der Waals surface area (Å²) >= 11 is 12.8. The summed E-state index contributed by atoms with van der Waals surface area (Å²) in [5.41, 5.74) is 0.437. The first kappa shape index (κ1) is 19.6. The zero-order valence-electron chi connectivity index (χ0n) is 13.4. The summed E-state index contributed by atoms with van der Waals surface area (Å²) < 4.78 is 40.9. The largest absolute Gasteiger partial charge is 0.321 e. The molecule has 10 heteroatoms. The van der Waals surface area contributed by atoms with Crippen molar-refractivity contribution in [1.82, 2.24) is 0 Å². The summed E-state index contributed by atoms with van der Waals surface area (Å²) in [5.74, 6) is -1.43. The zero-order chi connectivity index (χ0) is 19.6. The summed E-state index contributed by atoms with van der Waals surface area (Å²) in [6.45, 7) is 0. The third-order valence-corrected chi connectivity index (χ3v) is 6.47. The van der Waals surface area contributed by atoms with Gasteiger partial charge in [0.2, 0.25) is 0 Å². The summed E-state index contributed by atoms with van der Waals surface area (Å²) in [7, 11) is -4.19.